The van der Waals surface area contributed by atoms with Crippen molar-refractivity contribution in [2.24, 2.45) is 0 Å². The quantitative estimate of drug-likeness (QED) is 0.689. The van der Waals surface area contributed by atoms with Crippen LogP contribution in [-0.4, -0.2) is 25.1 Å². The van der Waals surface area contributed by atoms with Gasteiger partial charge in [0.1, 0.15) is 5.75 Å². The molecular formula is C16H26O2S. The third-order valence-corrected chi connectivity index (χ3v) is 4.29. The lowest BCUT2D eigenvalue weighted by atomic mass is 10.1. The first-order valence-electron chi connectivity index (χ1n) is 6.97. The van der Waals surface area contributed by atoms with Crippen LogP contribution in [0.25, 0.3) is 0 Å². The second-order valence-electron chi connectivity index (χ2n) is 4.96. The van der Waals surface area contributed by atoms with Crippen molar-refractivity contribution in [3.8, 4) is 5.75 Å². The molecule has 0 heterocycles. The SMILES string of the molecule is CCOc1ccc(C(CC(C)OC)SC(C)C)cc1. The molecule has 0 aromatic heterocycles. The zero-order valence-electron chi connectivity index (χ0n) is 12.7. The van der Waals surface area contributed by atoms with Crippen molar-refractivity contribution in [3.05, 3.63) is 29.8 Å². The summed E-state index contributed by atoms with van der Waals surface area (Å²) in [5.41, 5.74) is 1.35. The van der Waals surface area contributed by atoms with E-state index in [2.05, 4.69) is 45.0 Å². The fraction of sp³-hybridized carbons (Fsp3) is 0.625. The van der Waals surface area contributed by atoms with Crippen molar-refractivity contribution in [1.29, 1.82) is 0 Å². The average Bonchev–Trinajstić information content (AvgIpc) is 2.38. The molecule has 2 atom stereocenters. The van der Waals surface area contributed by atoms with Gasteiger partial charge in [-0.15, -0.1) is 0 Å². The maximum Gasteiger partial charge on any atom is 0.119 e. The standard InChI is InChI=1S/C16H26O2S/c1-6-18-15-9-7-14(8-10-15)16(19-12(2)3)11-13(4)17-5/h7-10,12-13,16H,6,11H2,1-5H3. The van der Waals surface area contributed by atoms with Gasteiger partial charge >= 0.3 is 0 Å². The molecule has 0 spiro atoms. The molecule has 1 aromatic rings. The van der Waals surface area contributed by atoms with E-state index >= 15 is 0 Å². The molecule has 1 rings (SSSR count). The number of rotatable bonds is 8. The Bertz CT molecular complexity index is 348. The first kappa shape index (κ1) is 16.4. The molecule has 0 bridgehead atoms. The van der Waals surface area contributed by atoms with Crippen LogP contribution in [0, 0.1) is 0 Å². The number of methoxy groups -OCH3 is 1. The molecule has 19 heavy (non-hydrogen) atoms. The molecule has 0 radical (unpaired) electrons. The monoisotopic (exact) mass is 282 g/mol. The Labute approximate surface area is 121 Å². The van der Waals surface area contributed by atoms with Crippen molar-refractivity contribution < 1.29 is 9.47 Å². The highest BCUT2D eigenvalue weighted by Gasteiger charge is 2.17. The van der Waals surface area contributed by atoms with Gasteiger partial charge in [-0.1, -0.05) is 26.0 Å². The summed E-state index contributed by atoms with van der Waals surface area (Å²) >= 11 is 1.99. The summed E-state index contributed by atoms with van der Waals surface area (Å²) < 4.78 is 10.9. The number of benzene rings is 1. The summed E-state index contributed by atoms with van der Waals surface area (Å²) in [4.78, 5) is 0. The van der Waals surface area contributed by atoms with E-state index in [-0.39, 0.29) is 6.10 Å². The van der Waals surface area contributed by atoms with E-state index in [1.54, 1.807) is 7.11 Å². The Morgan fingerprint density at radius 3 is 2.21 bits per heavy atom. The molecular weight excluding hydrogens is 256 g/mol. The molecule has 0 aliphatic heterocycles. The Morgan fingerprint density at radius 2 is 1.74 bits per heavy atom. The van der Waals surface area contributed by atoms with E-state index in [1.807, 2.05) is 18.7 Å². The second kappa shape index (κ2) is 8.49. The molecule has 108 valence electrons. The lowest BCUT2D eigenvalue weighted by Crippen LogP contribution is -2.11. The van der Waals surface area contributed by atoms with Gasteiger partial charge in [0.15, 0.2) is 0 Å². The van der Waals surface area contributed by atoms with Crippen LogP contribution in [0.3, 0.4) is 0 Å². The summed E-state index contributed by atoms with van der Waals surface area (Å²) in [5.74, 6) is 0.944. The molecule has 0 aliphatic rings. The van der Waals surface area contributed by atoms with E-state index in [1.165, 1.54) is 5.56 Å². The van der Waals surface area contributed by atoms with E-state index in [4.69, 9.17) is 9.47 Å². The predicted molar refractivity (Wildman–Crippen MR) is 84.2 cm³/mol. The molecule has 0 saturated heterocycles. The molecule has 0 aliphatic carbocycles. The normalized spacial score (nSPS) is 14.4. The van der Waals surface area contributed by atoms with Crippen LogP contribution >= 0.6 is 11.8 Å². The summed E-state index contributed by atoms with van der Waals surface area (Å²) in [6.07, 6.45) is 1.32. The maximum atomic E-state index is 5.49. The van der Waals surface area contributed by atoms with Crippen LogP contribution in [0.1, 0.15) is 44.9 Å². The van der Waals surface area contributed by atoms with Crippen LogP contribution in [0.2, 0.25) is 0 Å². The summed E-state index contributed by atoms with van der Waals surface area (Å²) in [7, 11) is 1.78. The lowest BCUT2D eigenvalue weighted by molar-refractivity contribution is 0.110. The molecule has 3 heteroatoms. The summed E-state index contributed by atoms with van der Waals surface area (Å²) in [6.45, 7) is 9.33. The first-order chi connectivity index (χ1) is 9.06. The van der Waals surface area contributed by atoms with Gasteiger partial charge in [-0.05, 0) is 43.2 Å². The van der Waals surface area contributed by atoms with Gasteiger partial charge < -0.3 is 9.47 Å². The molecule has 0 N–H and O–H groups in total. The van der Waals surface area contributed by atoms with Crippen LogP contribution in [-0.2, 0) is 4.74 Å². The minimum Gasteiger partial charge on any atom is -0.494 e. The molecule has 2 nitrogen and oxygen atoms in total. The van der Waals surface area contributed by atoms with Crippen LogP contribution in [0.4, 0.5) is 0 Å². The topological polar surface area (TPSA) is 18.5 Å². The van der Waals surface area contributed by atoms with Crippen molar-refractivity contribution in [1.82, 2.24) is 0 Å². The summed E-state index contributed by atoms with van der Waals surface area (Å²) in [5, 5.41) is 1.09. The Kier molecular flexibility index (Phi) is 7.32. The van der Waals surface area contributed by atoms with Gasteiger partial charge in [0.25, 0.3) is 0 Å². The van der Waals surface area contributed by atoms with Gasteiger partial charge in [-0.25, -0.2) is 0 Å². The van der Waals surface area contributed by atoms with E-state index in [0.717, 1.165) is 12.2 Å². The van der Waals surface area contributed by atoms with E-state index < -0.39 is 0 Å². The summed E-state index contributed by atoms with van der Waals surface area (Å²) in [6, 6.07) is 8.47. The molecule has 1 aromatic carbocycles. The third-order valence-electron chi connectivity index (χ3n) is 2.95. The van der Waals surface area contributed by atoms with Crippen LogP contribution < -0.4 is 4.74 Å². The highest BCUT2D eigenvalue weighted by Crippen LogP contribution is 2.37. The second-order valence-corrected chi connectivity index (χ2v) is 6.74. The van der Waals surface area contributed by atoms with Crippen LogP contribution in [0.5, 0.6) is 5.75 Å². The van der Waals surface area contributed by atoms with Crippen LogP contribution in [0.15, 0.2) is 24.3 Å². The van der Waals surface area contributed by atoms with Gasteiger partial charge in [0, 0.05) is 12.4 Å². The van der Waals surface area contributed by atoms with Crippen molar-refractivity contribution in [2.75, 3.05) is 13.7 Å². The van der Waals surface area contributed by atoms with Gasteiger partial charge in [0.2, 0.25) is 0 Å². The van der Waals surface area contributed by atoms with Crippen molar-refractivity contribution in [2.45, 2.75) is 50.7 Å². The largest absolute Gasteiger partial charge is 0.494 e. The Balaban J connectivity index is 2.77. The average molecular weight is 282 g/mol. The lowest BCUT2D eigenvalue weighted by Gasteiger charge is -2.22. The fourth-order valence-corrected chi connectivity index (χ4v) is 3.30. The third kappa shape index (κ3) is 5.87. The number of hydrogen-bond donors (Lipinski definition) is 0. The zero-order chi connectivity index (χ0) is 14.3. The number of hydrogen-bond acceptors (Lipinski definition) is 3. The molecule has 0 fully saturated rings. The van der Waals surface area contributed by atoms with Gasteiger partial charge in [-0.3, -0.25) is 0 Å². The Morgan fingerprint density at radius 1 is 1.11 bits per heavy atom. The smallest absolute Gasteiger partial charge is 0.119 e. The van der Waals surface area contributed by atoms with Crippen molar-refractivity contribution in [3.63, 3.8) is 0 Å². The van der Waals surface area contributed by atoms with E-state index in [0.29, 0.717) is 17.1 Å². The fourth-order valence-electron chi connectivity index (χ4n) is 1.94. The zero-order valence-corrected chi connectivity index (χ0v) is 13.5. The van der Waals surface area contributed by atoms with E-state index in [9.17, 15) is 0 Å². The maximum absolute atomic E-state index is 5.49. The minimum absolute atomic E-state index is 0.280. The molecule has 0 saturated carbocycles. The van der Waals surface area contributed by atoms with Gasteiger partial charge in [0.05, 0.1) is 12.7 Å². The number of ether oxygens (including phenoxy) is 2. The number of thioether (sulfide) groups is 1. The van der Waals surface area contributed by atoms with Gasteiger partial charge in [-0.2, -0.15) is 11.8 Å². The molecule has 2 unspecified atom stereocenters. The predicted octanol–water partition coefficient (Wildman–Crippen LogP) is 4.69. The highest BCUT2D eigenvalue weighted by atomic mass is 32.2. The minimum atomic E-state index is 0.280. The first-order valence-corrected chi connectivity index (χ1v) is 7.92. The molecule has 0 amide bonds. The van der Waals surface area contributed by atoms with Crippen molar-refractivity contribution >= 4 is 11.8 Å². The Hall–Kier alpha value is -0.670. The highest BCUT2D eigenvalue weighted by molar-refractivity contribution is 8.00.